The summed E-state index contributed by atoms with van der Waals surface area (Å²) < 4.78 is 0. The Hall–Kier alpha value is -1.49. The second-order valence-electron chi connectivity index (χ2n) is 4.74. The normalized spacial score (nSPS) is 11.7. The van der Waals surface area contributed by atoms with Gasteiger partial charge in [0.15, 0.2) is 0 Å². The summed E-state index contributed by atoms with van der Waals surface area (Å²) in [5, 5.41) is 11.1. The largest absolute Gasteiger partial charge is 0.369 e. The maximum atomic E-state index is 7.07. The molecule has 0 heterocycles. The summed E-state index contributed by atoms with van der Waals surface area (Å²) in [5.41, 5.74) is 9.51. The highest BCUT2D eigenvalue weighted by Crippen LogP contribution is 2.24. The number of nitrogens with zero attached hydrogens (tertiary/aromatic N) is 1. The van der Waals surface area contributed by atoms with Crippen LogP contribution < -0.4 is 11.2 Å². The lowest BCUT2D eigenvalue weighted by molar-refractivity contribution is 0.554. The van der Waals surface area contributed by atoms with Crippen molar-refractivity contribution in [2.45, 2.75) is 38.5 Å². The Morgan fingerprint density at radius 3 is 2.40 bits per heavy atom. The van der Waals surface area contributed by atoms with Crippen LogP contribution in [0.15, 0.2) is 34.3 Å². The fourth-order valence-corrected chi connectivity index (χ4v) is 2.97. The highest BCUT2D eigenvalue weighted by molar-refractivity contribution is 7.99. The lowest BCUT2D eigenvalue weighted by Gasteiger charge is -2.11. The molecular weight excluding hydrogens is 268 g/mol. The molecule has 1 aromatic rings. The van der Waals surface area contributed by atoms with Crippen LogP contribution in [0.5, 0.6) is 0 Å². The van der Waals surface area contributed by atoms with E-state index in [0.29, 0.717) is 0 Å². The summed E-state index contributed by atoms with van der Waals surface area (Å²) in [6.07, 6.45) is 2.48. The van der Waals surface area contributed by atoms with Gasteiger partial charge >= 0.3 is 0 Å². The van der Waals surface area contributed by atoms with Crippen molar-refractivity contribution in [3.63, 3.8) is 0 Å². The fraction of sp³-hybridized carbons (Fsp3) is 0.467. The van der Waals surface area contributed by atoms with Crippen molar-refractivity contribution in [3.8, 4) is 0 Å². The molecule has 20 heavy (non-hydrogen) atoms. The van der Waals surface area contributed by atoms with Gasteiger partial charge in [0.2, 0.25) is 5.96 Å². The summed E-state index contributed by atoms with van der Waals surface area (Å²) in [4.78, 5) is 1.29. The van der Waals surface area contributed by atoms with Gasteiger partial charge in [-0.3, -0.25) is 5.41 Å². The van der Waals surface area contributed by atoms with Crippen LogP contribution in [0.3, 0.4) is 0 Å². The zero-order valence-corrected chi connectivity index (χ0v) is 13.3. The molecule has 0 amide bonds. The van der Waals surface area contributed by atoms with Crippen LogP contribution in [0.4, 0.5) is 0 Å². The molecule has 0 aliphatic carbocycles. The summed E-state index contributed by atoms with van der Waals surface area (Å²) in [7, 11) is 0. The van der Waals surface area contributed by atoms with E-state index in [0.717, 1.165) is 17.2 Å². The Morgan fingerprint density at radius 1 is 1.30 bits per heavy atom. The fourth-order valence-electron chi connectivity index (χ4n) is 1.74. The number of rotatable bonds is 7. The first-order chi connectivity index (χ1) is 9.56. The van der Waals surface area contributed by atoms with Crippen molar-refractivity contribution in [1.29, 1.82) is 5.41 Å². The Morgan fingerprint density at radius 2 is 1.90 bits per heavy atom. The Kier molecular flexibility index (Phi) is 7.15. The topological polar surface area (TPSA) is 74.3 Å². The van der Waals surface area contributed by atoms with Gasteiger partial charge in [-0.05, 0) is 30.5 Å². The monoisotopic (exact) mass is 292 g/mol. The van der Waals surface area contributed by atoms with E-state index < -0.39 is 0 Å². The molecule has 0 saturated heterocycles. The maximum absolute atomic E-state index is 7.07. The number of nitrogens with one attached hydrogen (secondary N) is 2. The molecule has 1 aromatic carbocycles. The average Bonchev–Trinajstić information content (AvgIpc) is 2.46. The zero-order valence-electron chi connectivity index (χ0n) is 12.4. The Balaban J connectivity index is 2.60. The third kappa shape index (κ3) is 5.65. The number of nitrogens with two attached hydrogens (primary N) is 1. The smallest absolute Gasteiger partial charge is 0.206 e. The SMILES string of the molecule is CCC(CC)CSc1ccc(C(C)=NNC(=N)N)cc1. The van der Waals surface area contributed by atoms with Gasteiger partial charge in [0.05, 0.1) is 5.71 Å². The number of benzene rings is 1. The average molecular weight is 292 g/mol. The van der Waals surface area contributed by atoms with E-state index >= 15 is 0 Å². The molecule has 0 aliphatic rings. The van der Waals surface area contributed by atoms with Gasteiger partial charge in [0, 0.05) is 10.6 Å². The van der Waals surface area contributed by atoms with Gasteiger partial charge in [-0.1, -0.05) is 38.8 Å². The second-order valence-corrected chi connectivity index (χ2v) is 5.83. The molecule has 0 aliphatic heterocycles. The third-order valence-corrected chi connectivity index (χ3v) is 4.50. The summed E-state index contributed by atoms with van der Waals surface area (Å²) in [6, 6.07) is 8.34. The molecule has 0 unspecified atom stereocenters. The molecule has 4 N–H and O–H groups in total. The molecular formula is C15H24N4S. The van der Waals surface area contributed by atoms with Gasteiger partial charge in [-0.25, -0.2) is 5.43 Å². The predicted molar refractivity (Wildman–Crippen MR) is 88.5 cm³/mol. The first kappa shape index (κ1) is 16.6. The zero-order chi connectivity index (χ0) is 15.0. The van der Waals surface area contributed by atoms with Crippen LogP contribution in [-0.4, -0.2) is 17.4 Å². The molecule has 5 heteroatoms. The van der Waals surface area contributed by atoms with E-state index in [-0.39, 0.29) is 5.96 Å². The molecule has 4 nitrogen and oxygen atoms in total. The van der Waals surface area contributed by atoms with E-state index in [1.165, 1.54) is 23.5 Å². The molecule has 0 spiro atoms. The van der Waals surface area contributed by atoms with Gasteiger partial charge in [-0.2, -0.15) is 5.10 Å². The minimum atomic E-state index is -0.151. The number of hydrogen-bond acceptors (Lipinski definition) is 3. The first-order valence-corrected chi connectivity index (χ1v) is 7.92. The molecule has 0 atom stereocenters. The Bertz CT molecular complexity index is 449. The highest BCUT2D eigenvalue weighted by atomic mass is 32.2. The van der Waals surface area contributed by atoms with Crippen molar-refractivity contribution in [2.24, 2.45) is 16.8 Å². The highest BCUT2D eigenvalue weighted by Gasteiger charge is 2.05. The van der Waals surface area contributed by atoms with Crippen molar-refractivity contribution in [3.05, 3.63) is 29.8 Å². The lowest BCUT2D eigenvalue weighted by atomic mass is 10.1. The van der Waals surface area contributed by atoms with Crippen LogP contribution >= 0.6 is 11.8 Å². The van der Waals surface area contributed by atoms with Crippen molar-refractivity contribution >= 4 is 23.4 Å². The van der Waals surface area contributed by atoms with Crippen LogP contribution in [0.25, 0.3) is 0 Å². The third-order valence-electron chi connectivity index (χ3n) is 3.26. The molecule has 0 saturated carbocycles. The Labute approximate surface area is 125 Å². The van der Waals surface area contributed by atoms with Gasteiger partial charge < -0.3 is 5.73 Å². The summed E-state index contributed by atoms with van der Waals surface area (Å²) in [5.74, 6) is 1.81. The van der Waals surface area contributed by atoms with Gasteiger partial charge in [0.25, 0.3) is 0 Å². The van der Waals surface area contributed by atoms with Gasteiger partial charge in [-0.15, -0.1) is 11.8 Å². The number of hydrogen-bond donors (Lipinski definition) is 3. The van der Waals surface area contributed by atoms with E-state index in [1.54, 1.807) is 0 Å². The number of hydrazone groups is 1. The van der Waals surface area contributed by atoms with Crippen molar-refractivity contribution in [1.82, 2.24) is 5.43 Å². The van der Waals surface area contributed by atoms with Gasteiger partial charge in [0.1, 0.15) is 0 Å². The molecule has 0 fully saturated rings. The quantitative estimate of drug-likeness (QED) is 0.312. The molecule has 110 valence electrons. The molecule has 0 bridgehead atoms. The van der Waals surface area contributed by atoms with E-state index in [1.807, 2.05) is 18.7 Å². The molecule has 0 radical (unpaired) electrons. The number of guanidine groups is 1. The number of thioether (sulfide) groups is 1. The lowest BCUT2D eigenvalue weighted by Crippen LogP contribution is -2.26. The predicted octanol–water partition coefficient (Wildman–Crippen LogP) is 3.42. The van der Waals surface area contributed by atoms with E-state index in [2.05, 4.69) is 48.6 Å². The van der Waals surface area contributed by atoms with Crippen molar-refractivity contribution < 1.29 is 0 Å². The van der Waals surface area contributed by atoms with Crippen LogP contribution in [0.2, 0.25) is 0 Å². The van der Waals surface area contributed by atoms with Crippen LogP contribution in [-0.2, 0) is 0 Å². The minimum absolute atomic E-state index is 0.151. The first-order valence-electron chi connectivity index (χ1n) is 6.94. The maximum Gasteiger partial charge on any atom is 0.206 e. The molecule has 1 rings (SSSR count). The summed E-state index contributed by atoms with van der Waals surface area (Å²) in [6.45, 7) is 6.39. The minimum Gasteiger partial charge on any atom is -0.369 e. The van der Waals surface area contributed by atoms with Crippen LogP contribution in [0.1, 0.15) is 39.2 Å². The summed E-state index contributed by atoms with van der Waals surface area (Å²) >= 11 is 1.91. The van der Waals surface area contributed by atoms with Crippen LogP contribution in [0, 0.1) is 11.3 Å². The standard InChI is InChI=1S/C15H24N4S/c1-4-12(5-2)10-20-14-8-6-13(7-9-14)11(3)18-19-15(16)17/h6-9,12H,4-5,10H2,1-3H3,(H4,16,17,19). The van der Waals surface area contributed by atoms with Crippen molar-refractivity contribution in [2.75, 3.05) is 5.75 Å². The van der Waals surface area contributed by atoms with E-state index in [4.69, 9.17) is 11.1 Å². The second kappa shape index (κ2) is 8.64. The van der Waals surface area contributed by atoms with E-state index in [9.17, 15) is 0 Å². The molecule has 0 aromatic heterocycles.